The van der Waals surface area contributed by atoms with E-state index < -0.39 is 0 Å². The number of carbonyl (C=O) groups excluding carboxylic acids is 2. The van der Waals surface area contributed by atoms with Crippen molar-refractivity contribution in [2.75, 3.05) is 51.8 Å². The molecule has 2 aliphatic heterocycles. The minimum absolute atomic E-state index is 0.0876. The van der Waals surface area contributed by atoms with E-state index in [2.05, 4.69) is 9.80 Å². The second-order valence-electron chi connectivity index (χ2n) is 8.04. The maximum Gasteiger partial charge on any atom is 0.247 e. The van der Waals surface area contributed by atoms with Gasteiger partial charge in [0.15, 0.2) is 11.5 Å². The largest absolute Gasteiger partial charge is 0.493 e. The van der Waals surface area contributed by atoms with Gasteiger partial charge in [-0.25, -0.2) is 0 Å². The second-order valence-corrected chi connectivity index (χ2v) is 8.48. The molecule has 2 aromatic carbocycles. The van der Waals surface area contributed by atoms with Gasteiger partial charge in [-0.05, 0) is 48.4 Å². The summed E-state index contributed by atoms with van der Waals surface area (Å²) in [4.78, 5) is 31.5. The standard InChI is InChI=1S/C24H28ClN3O4/c1-31-21-8-3-17(15-22(21)32-2)9-10-28-23(29)16-20(24(28)30)27-13-11-26(12-14-27)19-6-4-18(25)5-7-19/h3-8,15,20H,9-14,16H2,1-2H3/t20-/m1/s1. The molecule has 8 heteroatoms. The van der Waals surface area contributed by atoms with Crippen molar-refractivity contribution >= 4 is 29.1 Å². The van der Waals surface area contributed by atoms with Crippen molar-refractivity contribution in [1.82, 2.24) is 9.80 Å². The Hall–Kier alpha value is -2.77. The summed E-state index contributed by atoms with van der Waals surface area (Å²) in [5, 5.41) is 0.718. The van der Waals surface area contributed by atoms with Gasteiger partial charge in [0.05, 0.1) is 26.7 Å². The Labute approximate surface area is 193 Å². The Morgan fingerprint density at radius 2 is 1.62 bits per heavy atom. The molecule has 2 aliphatic rings. The van der Waals surface area contributed by atoms with E-state index >= 15 is 0 Å². The molecular formula is C24H28ClN3O4. The molecule has 32 heavy (non-hydrogen) atoms. The monoisotopic (exact) mass is 457 g/mol. The Morgan fingerprint density at radius 1 is 0.938 bits per heavy atom. The quantitative estimate of drug-likeness (QED) is 0.596. The van der Waals surface area contributed by atoms with Crippen LogP contribution < -0.4 is 14.4 Å². The normalized spacial score (nSPS) is 19.5. The fourth-order valence-electron chi connectivity index (χ4n) is 4.41. The van der Waals surface area contributed by atoms with E-state index in [0.29, 0.717) is 24.5 Å². The van der Waals surface area contributed by atoms with E-state index in [9.17, 15) is 9.59 Å². The van der Waals surface area contributed by atoms with Crippen LogP contribution in [0.4, 0.5) is 5.69 Å². The molecule has 170 valence electrons. The van der Waals surface area contributed by atoms with Gasteiger partial charge >= 0.3 is 0 Å². The Bertz CT molecular complexity index is 974. The fourth-order valence-corrected chi connectivity index (χ4v) is 4.53. The molecule has 0 radical (unpaired) electrons. The zero-order chi connectivity index (χ0) is 22.7. The number of imide groups is 1. The van der Waals surface area contributed by atoms with Crippen molar-refractivity contribution < 1.29 is 19.1 Å². The highest BCUT2D eigenvalue weighted by molar-refractivity contribution is 6.30. The maximum absolute atomic E-state index is 13.0. The summed E-state index contributed by atoms with van der Waals surface area (Å²) in [6.45, 7) is 3.48. The molecule has 2 saturated heterocycles. The number of halogens is 1. The Balaban J connectivity index is 1.33. The Morgan fingerprint density at radius 3 is 2.28 bits per heavy atom. The first-order chi connectivity index (χ1) is 15.5. The van der Waals surface area contributed by atoms with Crippen LogP contribution in [0.1, 0.15) is 12.0 Å². The average Bonchev–Trinajstić information content (AvgIpc) is 3.11. The molecule has 4 rings (SSSR count). The third kappa shape index (κ3) is 4.69. The van der Waals surface area contributed by atoms with Gasteiger partial charge in [-0.2, -0.15) is 0 Å². The van der Waals surface area contributed by atoms with Gasteiger partial charge < -0.3 is 14.4 Å². The van der Waals surface area contributed by atoms with Crippen molar-refractivity contribution in [2.45, 2.75) is 18.9 Å². The minimum atomic E-state index is -0.361. The molecule has 0 bridgehead atoms. The predicted octanol–water partition coefficient (Wildman–Crippen LogP) is 2.85. The topological polar surface area (TPSA) is 62.3 Å². The van der Waals surface area contributed by atoms with E-state index in [4.69, 9.17) is 21.1 Å². The van der Waals surface area contributed by atoms with Gasteiger partial charge in [-0.1, -0.05) is 17.7 Å². The molecule has 2 fully saturated rings. The number of benzene rings is 2. The van der Waals surface area contributed by atoms with Gasteiger partial charge in [0, 0.05) is 43.4 Å². The third-order valence-electron chi connectivity index (χ3n) is 6.24. The number of piperazine rings is 1. The van der Waals surface area contributed by atoms with E-state index in [1.165, 1.54) is 4.90 Å². The lowest BCUT2D eigenvalue weighted by Crippen LogP contribution is -2.52. The van der Waals surface area contributed by atoms with Gasteiger partial charge in [0.25, 0.3) is 0 Å². The van der Waals surface area contributed by atoms with Gasteiger partial charge in [0.1, 0.15) is 0 Å². The molecule has 0 aromatic heterocycles. The van der Waals surface area contributed by atoms with Gasteiger partial charge in [0.2, 0.25) is 11.8 Å². The number of likely N-dealkylation sites (tertiary alicyclic amines) is 1. The summed E-state index contributed by atoms with van der Waals surface area (Å²) >= 11 is 5.98. The number of methoxy groups -OCH3 is 2. The molecule has 0 unspecified atom stereocenters. The zero-order valence-electron chi connectivity index (χ0n) is 18.4. The number of ether oxygens (including phenoxy) is 2. The smallest absolute Gasteiger partial charge is 0.247 e. The van der Waals surface area contributed by atoms with Crippen molar-refractivity contribution in [1.29, 1.82) is 0 Å². The first-order valence-corrected chi connectivity index (χ1v) is 11.2. The summed E-state index contributed by atoms with van der Waals surface area (Å²) in [6.07, 6.45) is 0.834. The molecule has 1 atom stereocenters. The molecular weight excluding hydrogens is 430 g/mol. The van der Waals surface area contributed by atoms with Crippen molar-refractivity contribution in [3.8, 4) is 11.5 Å². The van der Waals surface area contributed by atoms with Crippen molar-refractivity contribution in [3.63, 3.8) is 0 Å². The summed E-state index contributed by atoms with van der Waals surface area (Å²) in [6, 6.07) is 13.1. The molecule has 0 aliphatic carbocycles. The number of nitrogens with zero attached hydrogens (tertiary/aromatic N) is 3. The van der Waals surface area contributed by atoms with Crippen molar-refractivity contribution in [2.24, 2.45) is 0 Å². The number of hydrogen-bond donors (Lipinski definition) is 0. The average molecular weight is 458 g/mol. The minimum Gasteiger partial charge on any atom is -0.493 e. The number of hydrogen-bond acceptors (Lipinski definition) is 6. The lowest BCUT2D eigenvalue weighted by Gasteiger charge is -2.38. The molecule has 0 N–H and O–H groups in total. The van der Waals surface area contributed by atoms with E-state index in [1.54, 1.807) is 14.2 Å². The summed E-state index contributed by atoms with van der Waals surface area (Å²) in [7, 11) is 3.18. The van der Waals surface area contributed by atoms with Gasteiger partial charge in [-0.15, -0.1) is 0 Å². The number of rotatable bonds is 7. The van der Waals surface area contributed by atoms with E-state index in [-0.39, 0.29) is 24.3 Å². The number of amides is 2. The van der Waals surface area contributed by atoms with Crippen LogP contribution in [0.25, 0.3) is 0 Å². The van der Waals surface area contributed by atoms with Gasteiger partial charge in [-0.3, -0.25) is 19.4 Å². The van der Waals surface area contributed by atoms with Crippen LogP contribution in [0.2, 0.25) is 5.02 Å². The van der Waals surface area contributed by atoms with Crippen LogP contribution in [0, 0.1) is 0 Å². The van der Waals surface area contributed by atoms with Crippen LogP contribution in [0.15, 0.2) is 42.5 Å². The summed E-state index contributed by atoms with van der Waals surface area (Å²) in [5.74, 6) is 1.11. The van der Waals surface area contributed by atoms with Crippen LogP contribution in [0.3, 0.4) is 0 Å². The number of anilines is 1. The van der Waals surface area contributed by atoms with Crippen LogP contribution >= 0.6 is 11.6 Å². The third-order valence-corrected chi connectivity index (χ3v) is 6.49. The molecule has 2 aromatic rings. The second kappa shape index (κ2) is 9.79. The zero-order valence-corrected chi connectivity index (χ0v) is 19.2. The van der Waals surface area contributed by atoms with Crippen molar-refractivity contribution in [3.05, 3.63) is 53.1 Å². The summed E-state index contributed by atoms with van der Waals surface area (Å²) in [5.41, 5.74) is 2.11. The highest BCUT2D eigenvalue weighted by Gasteiger charge is 2.42. The highest BCUT2D eigenvalue weighted by atomic mass is 35.5. The van der Waals surface area contributed by atoms with Crippen LogP contribution in [-0.4, -0.2) is 74.6 Å². The Kier molecular flexibility index (Phi) is 6.86. The highest BCUT2D eigenvalue weighted by Crippen LogP contribution is 2.28. The predicted molar refractivity (Wildman–Crippen MR) is 124 cm³/mol. The first-order valence-electron chi connectivity index (χ1n) is 10.8. The maximum atomic E-state index is 13.0. The molecule has 2 amide bonds. The number of carbonyl (C=O) groups is 2. The lowest BCUT2D eigenvalue weighted by molar-refractivity contribution is -0.139. The SMILES string of the molecule is COc1ccc(CCN2C(=O)C[C@@H](N3CCN(c4ccc(Cl)cc4)CC3)C2=O)cc1OC. The summed E-state index contributed by atoms with van der Waals surface area (Å²) < 4.78 is 10.6. The molecule has 7 nitrogen and oxygen atoms in total. The van der Waals surface area contributed by atoms with E-state index in [0.717, 1.165) is 42.5 Å². The van der Waals surface area contributed by atoms with Crippen LogP contribution in [0.5, 0.6) is 11.5 Å². The van der Waals surface area contributed by atoms with E-state index in [1.807, 2.05) is 42.5 Å². The fraction of sp³-hybridized carbons (Fsp3) is 0.417. The molecule has 0 saturated carbocycles. The molecule has 2 heterocycles. The molecule has 0 spiro atoms. The van der Waals surface area contributed by atoms with Crippen LogP contribution in [-0.2, 0) is 16.0 Å². The first kappa shape index (κ1) is 22.4. The lowest BCUT2D eigenvalue weighted by atomic mass is 10.1.